The number of rotatable bonds is 4. The van der Waals surface area contributed by atoms with Crippen LogP contribution in [0.4, 0.5) is 5.69 Å². The van der Waals surface area contributed by atoms with E-state index in [4.69, 9.17) is 0 Å². The third-order valence-corrected chi connectivity index (χ3v) is 5.33. The SMILES string of the molecule is CCc1ccc(/C(O)=C2\C(=O)C(=O)N(c3cccc(C)c3)C2c2ccccn2)cc1. The zero-order valence-electron chi connectivity index (χ0n) is 16.9. The number of hydrogen-bond acceptors (Lipinski definition) is 4. The summed E-state index contributed by atoms with van der Waals surface area (Å²) in [6, 6.07) is 19.2. The largest absolute Gasteiger partial charge is 0.507 e. The number of aryl methyl sites for hydroxylation is 2. The molecule has 0 saturated carbocycles. The van der Waals surface area contributed by atoms with Crippen molar-refractivity contribution < 1.29 is 14.7 Å². The minimum absolute atomic E-state index is 0.0458. The van der Waals surface area contributed by atoms with Gasteiger partial charge in [0, 0.05) is 17.4 Å². The molecule has 1 aliphatic rings. The summed E-state index contributed by atoms with van der Waals surface area (Å²) in [4.78, 5) is 31.9. The van der Waals surface area contributed by atoms with Crippen LogP contribution >= 0.6 is 0 Å². The number of carbonyl (C=O) groups excluding carboxylic acids is 2. The molecule has 1 fully saturated rings. The number of benzene rings is 2. The van der Waals surface area contributed by atoms with E-state index in [1.165, 1.54) is 4.90 Å². The number of carbonyl (C=O) groups is 2. The molecule has 0 aliphatic carbocycles. The molecule has 30 heavy (non-hydrogen) atoms. The number of nitrogens with zero attached hydrogens (tertiary/aromatic N) is 2. The molecule has 1 amide bonds. The summed E-state index contributed by atoms with van der Waals surface area (Å²) in [5.41, 5.74) is 3.73. The summed E-state index contributed by atoms with van der Waals surface area (Å²) in [5, 5.41) is 11.1. The van der Waals surface area contributed by atoms with Crippen LogP contribution in [0.25, 0.3) is 5.76 Å². The first kappa shape index (κ1) is 19.6. The van der Waals surface area contributed by atoms with Crippen molar-refractivity contribution in [2.24, 2.45) is 0 Å². The third-order valence-electron chi connectivity index (χ3n) is 5.33. The van der Waals surface area contributed by atoms with Crippen molar-refractivity contribution >= 4 is 23.1 Å². The molecule has 3 aromatic rings. The van der Waals surface area contributed by atoms with Gasteiger partial charge in [-0.05, 0) is 48.7 Å². The van der Waals surface area contributed by atoms with Crippen molar-refractivity contribution in [1.82, 2.24) is 4.98 Å². The first-order chi connectivity index (χ1) is 14.5. The lowest BCUT2D eigenvalue weighted by Crippen LogP contribution is -2.29. The Labute approximate surface area is 175 Å². The average molecular weight is 398 g/mol. The maximum absolute atomic E-state index is 13.1. The Kier molecular flexibility index (Phi) is 5.19. The molecule has 5 heteroatoms. The summed E-state index contributed by atoms with van der Waals surface area (Å²) < 4.78 is 0. The van der Waals surface area contributed by atoms with E-state index >= 15 is 0 Å². The van der Waals surface area contributed by atoms with Crippen LogP contribution in [0.15, 0.2) is 78.5 Å². The minimum Gasteiger partial charge on any atom is -0.507 e. The van der Waals surface area contributed by atoms with Gasteiger partial charge in [-0.25, -0.2) is 0 Å². The van der Waals surface area contributed by atoms with Gasteiger partial charge in [0.15, 0.2) is 0 Å². The second kappa shape index (κ2) is 7.95. The fourth-order valence-electron chi connectivity index (χ4n) is 3.75. The van der Waals surface area contributed by atoms with Crippen molar-refractivity contribution in [3.8, 4) is 0 Å². The number of ketones is 1. The first-order valence-electron chi connectivity index (χ1n) is 9.89. The van der Waals surface area contributed by atoms with Gasteiger partial charge in [-0.3, -0.25) is 19.5 Å². The fraction of sp³-hybridized carbons (Fsp3) is 0.160. The molecule has 0 radical (unpaired) electrons. The Balaban J connectivity index is 1.92. The van der Waals surface area contributed by atoms with Gasteiger partial charge in [-0.2, -0.15) is 0 Å². The molecule has 150 valence electrons. The van der Waals surface area contributed by atoms with Crippen molar-refractivity contribution in [2.45, 2.75) is 26.3 Å². The van der Waals surface area contributed by atoms with E-state index in [2.05, 4.69) is 4.98 Å². The van der Waals surface area contributed by atoms with Gasteiger partial charge in [0.2, 0.25) is 0 Å². The minimum atomic E-state index is -0.807. The highest BCUT2D eigenvalue weighted by atomic mass is 16.3. The lowest BCUT2D eigenvalue weighted by atomic mass is 9.97. The number of hydrogen-bond donors (Lipinski definition) is 1. The molecule has 1 aromatic heterocycles. The highest BCUT2D eigenvalue weighted by molar-refractivity contribution is 6.51. The van der Waals surface area contributed by atoms with Crippen LogP contribution in [0.5, 0.6) is 0 Å². The van der Waals surface area contributed by atoms with Crippen LogP contribution in [0.1, 0.15) is 35.3 Å². The van der Waals surface area contributed by atoms with Crippen molar-refractivity contribution in [3.05, 3.63) is 101 Å². The number of Topliss-reactive ketones (excluding diaryl/α,β-unsaturated/α-hetero) is 1. The van der Waals surface area contributed by atoms with Gasteiger partial charge in [0.1, 0.15) is 11.8 Å². The number of anilines is 1. The molecule has 1 unspecified atom stereocenters. The molecule has 2 aromatic carbocycles. The summed E-state index contributed by atoms with van der Waals surface area (Å²) >= 11 is 0. The standard InChI is InChI=1S/C25H22N2O3/c1-3-17-10-12-18(13-11-17)23(28)21-22(20-9-4-5-14-26-20)27(25(30)24(21)29)19-8-6-7-16(2)15-19/h4-15,22,28H,3H2,1-2H3/b23-21+. The van der Waals surface area contributed by atoms with E-state index in [1.807, 2.05) is 44.2 Å². The zero-order valence-corrected chi connectivity index (χ0v) is 16.9. The lowest BCUT2D eigenvalue weighted by Gasteiger charge is -2.24. The predicted molar refractivity (Wildman–Crippen MR) is 116 cm³/mol. The normalized spacial score (nSPS) is 18.1. The first-order valence-corrected chi connectivity index (χ1v) is 9.89. The maximum atomic E-state index is 13.1. The fourth-order valence-corrected chi connectivity index (χ4v) is 3.75. The van der Waals surface area contributed by atoms with Gasteiger partial charge in [-0.1, -0.05) is 49.4 Å². The van der Waals surface area contributed by atoms with Gasteiger partial charge in [-0.15, -0.1) is 0 Å². The number of amides is 1. The Hall–Kier alpha value is -3.73. The number of aromatic nitrogens is 1. The molecule has 2 heterocycles. The Bertz CT molecular complexity index is 1130. The second-order valence-corrected chi connectivity index (χ2v) is 7.31. The van der Waals surface area contributed by atoms with E-state index in [0.29, 0.717) is 16.9 Å². The van der Waals surface area contributed by atoms with E-state index in [0.717, 1.165) is 17.5 Å². The van der Waals surface area contributed by atoms with E-state index in [1.54, 1.807) is 42.6 Å². The summed E-state index contributed by atoms with van der Waals surface area (Å²) in [6.07, 6.45) is 2.48. The van der Waals surface area contributed by atoms with Crippen LogP contribution in [-0.4, -0.2) is 21.8 Å². The van der Waals surface area contributed by atoms with Crippen LogP contribution in [-0.2, 0) is 16.0 Å². The number of aliphatic hydroxyl groups is 1. The quantitative estimate of drug-likeness (QED) is 0.397. The summed E-state index contributed by atoms with van der Waals surface area (Å²) in [5.74, 6) is -1.59. The highest BCUT2D eigenvalue weighted by Gasteiger charge is 2.47. The van der Waals surface area contributed by atoms with E-state index in [-0.39, 0.29) is 11.3 Å². The summed E-state index contributed by atoms with van der Waals surface area (Å²) in [6.45, 7) is 3.97. The smallest absolute Gasteiger partial charge is 0.300 e. The van der Waals surface area contributed by atoms with Crippen molar-refractivity contribution in [3.63, 3.8) is 0 Å². The van der Waals surface area contributed by atoms with E-state index in [9.17, 15) is 14.7 Å². The lowest BCUT2D eigenvalue weighted by molar-refractivity contribution is -0.132. The van der Waals surface area contributed by atoms with Gasteiger partial charge in [0.25, 0.3) is 11.7 Å². The van der Waals surface area contributed by atoms with Gasteiger partial charge >= 0.3 is 0 Å². The van der Waals surface area contributed by atoms with Crippen LogP contribution in [0, 0.1) is 6.92 Å². The predicted octanol–water partition coefficient (Wildman–Crippen LogP) is 4.58. The zero-order chi connectivity index (χ0) is 21.3. The molecular formula is C25H22N2O3. The molecular weight excluding hydrogens is 376 g/mol. The topological polar surface area (TPSA) is 70.5 Å². The second-order valence-electron chi connectivity index (χ2n) is 7.31. The molecule has 1 atom stereocenters. The van der Waals surface area contributed by atoms with Crippen LogP contribution in [0.2, 0.25) is 0 Å². The maximum Gasteiger partial charge on any atom is 0.300 e. The van der Waals surface area contributed by atoms with E-state index < -0.39 is 17.7 Å². The number of pyridine rings is 1. The Morgan fingerprint density at radius 2 is 1.80 bits per heavy atom. The highest BCUT2D eigenvalue weighted by Crippen LogP contribution is 2.41. The van der Waals surface area contributed by atoms with Crippen LogP contribution < -0.4 is 4.90 Å². The Morgan fingerprint density at radius 1 is 1.03 bits per heavy atom. The third kappa shape index (κ3) is 3.39. The average Bonchev–Trinajstić information content (AvgIpc) is 3.04. The van der Waals surface area contributed by atoms with Gasteiger partial charge < -0.3 is 5.11 Å². The summed E-state index contributed by atoms with van der Waals surface area (Å²) in [7, 11) is 0. The molecule has 5 nitrogen and oxygen atoms in total. The molecule has 1 aliphatic heterocycles. The molecule has 0 bridgehead atoms. The number of aliphatic hydroxyl groups excluding tert-OH is 1. The molecule has 4 rings (SSSR count). The molecule has 1 N–H and O–H groups in total. The monoisotopic (exact) mass is 398 g/mol. The molecule has 1 saturated heterocycles. The van der Waals surface area contributed by atoms with Crippen molar-refractivity contribution in [2.75, 3.05) is 4.90 Å². The van der Waals surface area contributed by atoms with Gasteiger partial charge in [0.05, 0.1) is 11.3 Å². The van der Waals surface area contributed by atoms with Crippen molar-refractivity contribution in [1.29, 1.82) is 0 Å². The molecule has 0 spiro atoms. The van der Waals surface area contributed by atoms with Crippen LogP contribution in [0.3, 0.4) is 0 Å². The Morgan fingerprint density at radius 3 is 2.43 bits per heavy atom.